The van der Waals surface area contributed by atoms with E-state index in [1.54, 1.807) is 0 Å². The highest BCUT2D eigenvalue weighted by molar-refractivity contribution is 5.71. The van der Waals surface area contributed by atoms with E-state index in [9.17, 15) is 14.4 Å². The second kappa shape index (κ2) is 60.7. The van der Waals surface area contributed by atoms with Gasteiger partial charge in [0.25, 0.3) is 0 Å². The summed E-state index contributed by atoms with van der Waals surface area (Å²) in [7, 11) is 0. The Morgan fingerprint density at radius 1 is 0.292 bits per heavy atom. The topological polar surface area (TPSA) is 78.9 Å². The average molecular weight is 1010 g/mol. The van der Waals surface area contributed by atoms with Crippen molar-refractivity contribution in [2.75, 3.05) is 13.2 Å². The zero-order chi connectivity index (χ0) is 52.2. The third-order valence-corrected chi connectivity index (χ3v) is 13.8. The number of esters is 3. The summed E-state index contributed by atoms with van der Waals surface area (Å²) in [6.45, 7) is 6.54. The fourth-order valence-electron chi connectivity index (χ4n) is 9.08. The monoisotopic (exact) mass is 1010 g/mol. The Kier molecular flexibility index (Phi) is 58.2. The Morgan fingerprint density at radius 3 is 0.861 bits per heavy atom. The standard InChI is InChI=1S/C66H118O6/c1-4-7-10-13-16-19-21-23-25-27-29-30-31-32-33-34-35-36-37-39-40-42-44-47-50-53-56-59-65(68)71-62-63(61-70-64(67)58-55-52-49-46-18-15-12-9-6-3)72-66(69)60-57-54-51-48-45-43-41-38-28-26-24-22-20-17-14-11-8-5-2/h7,10,16,19,23,25-26,28-30,63H,4-6,8-9,11-15,17-18,20-22,24,27,31-62H2,1-3H3/b10-7-,19-16-,25-23-,28-26-,30-29-. The average Bonchev–Trinajstić information content (AvgIpc) is 3.38. The van der Waals surface area contributed by atoms with Gasteiger partial charge in [0, 0.05) is 19.3 Å². The van der Waals surface area contributed by atoms with Crippen molar-refractivity contribution in [1.82, 2.24) is 0 Å². The van der Waals surface area contributed by atoms with Gasteiger partial charge in [0.2, 0.25) is 0 Å². The van der Waals surface area contributed by atoms with Crippen molar-refractivity contribution in [2.24, 2.45) is 0 Å². The third kappa shape index (κ3) is 58.0. The summed E-state index contributed by atoms with van der Waals surface area (Å²) in [4.78, 5) is 38.1. The van der Waals surface area contributed by atoms with Crippen LogP contribution < -0.4 is 0 Å². The minimum atomic E-state index is -0.773. The van der Waals surface area contributed by atoms with E-state index in [1.165, 1.54) is 199 Å². The van der Waals surface area contributed by atoms with Gasteiger partial charge in [-0.3, -0.25) is 14.4 Å². The molecule has 0 amide bonds. The minimum Gasteiger partial charge on any atom is -0.462 e. The van der Waals surface area contributed by atoms with Crippen LogP contribution in [0.1, 0.15) is 323 Å². The highest BCUT2D eigenvalue weighted by Crippen LogP contribution is 2.17. The van der Waals surface area contributed by atoms with Crippen LogP contribution in [0.15, 0.2) is 60.8 Å². The van der Waals surface area contributed by atoms with Crippen molar-refractivity contribution in [2.45, 2.75) is 329 Å². The molecule has 6 heteroatoms. The number of allylic oxidation sites excluding steroid dienone is 10. The molecule has 0 aliphatic carbocycles. The van der Waals surface area contributed by atoms with Crippen molar-refractivity contribution >= 4 is 17.9 Å². The zero-order valence-electron chi connectivity index (χ0n) is 47.9. The van der Waals surface area contributed by atoms with Crippen molar-refractivity contribution in [1.29, 1.82) is 0 Å². The number of hydrogen-bond acceptors (Lipinski definition) is 6. The molecule has 0 aliphatic heterocycles. The Morgan fingerprint density at radius 2 is 0.542 bits per heavy atom. The van der Waals surface area contributed by atoms with Gasteiger partial charge in [0.15, 0.2) is 6.10 Å². The fraction of sp³-hybridized carbons (Fsp3) is 0.803. The molecule has 0 aromatic rings. The van der Waals surface area contributed by atoms with Gasteiger partial charge in [-0.2, -0.15) is 0 Å². The Bertz CT molecular complexity index is 1290. The molecule has 6 nitrogen and oxygen atoms in total. The van der Waals surface area contributed by atoms with Gasteiger partial charge in [0.1, 0.15) is 13.2 Å². The lowest BCUT2D eigenvalue weighted by molar-refractivity contribution is -0.167. The molecule has 1 unspecified atom stereocenters. The Hall–Kier alpha value is -2.89. The van der Waals surface area contributed by atoms with Crippen molar-refractivity contribution in [3.63, 3.8) is 0 Å². The van der Waals surface area contributed by atoms with E-state index in [2.05, 4.69) is 81.5 Å². The first-order valence-corrected chi connectivity index (χ1v) is 31.3. The quantitative estimate of drug-likeness (QED) is 0.0261. The maximum Gasteiger partial charge on any atom is 0.306 e. The smallest absolute Gasteiger partial charge is 0.306 e. The molecule has 0 rings (SSSR count). The predicted molar refractivity (Wildman–Crippen MR) is 312 cm³/mol. The zero-order valence-corrected chi connectivity index (χ0v) is 47.9. The first-order chi connectivity index (χ1) is 35.5. The fourth-order valence-corrected chi connectivity index (χ4v) is 9.08. The number of ether oxygens (including phenoxy) is 3. The number of carbonyl (C=O) groups is 3. The molecule has 0 aromatic carbocycles. The molecular formula is C66H118O6. The van der Waals surface area contributed by atoms with E-state index in [-0.39, 0.29) is 31.1 Å². The maximum atomic E-state index is 12.9. The van der Waals surface area contributed by atoms with Crippen LogP contribution in [0.4, 0.5) is 0 Å². The number of carbonyl (C=O) groups excluding carboxylic acids is 3. The second-order valence-corrected chi connectivity index (χ2v) is 20.9. The molecule has 0 aliphatic rings. The first-order valence-electron chi connectivity index (χ1n) is 31.3. The van der Waals surface area contributed by atoms with Gasteiger partial charge < -0.3 is 14.2 Å². The van der Waals surface area contributed by atoms with Crippen LogP contribution in [0.3, 0.4) is 0 Å². The highest BCUT2D eigenvalue weighted by Gasteiger charge is 2.19. The normalized spacial score (nSPS) is 12.4. The number of rotatable bonds is 57. The van der Waals surface area contributed by atoms with Crippen molar-refractivity contribution in [3.05, 3.63) is 60.8 Å². The molecular weight excluding hydrogens is 889 g/mol. The highest BCUT2D eigenvalue weighted by atomic mass is 16.6. The van der Waals surface area contributed by atoms with E-state index < -0.39 is 6.10 Å². The molecule has 0 heterocycles. The predicted octanol–water partition coefficient (Wildman–Crippen LogP) is 21.2. The molecule has 0 aromatic heterocycles. The summed E-state index contributed by atoms with van der Waals surface area (Å²) in [5, 5.41) is 0. The van der Waals surface area contributed by atoms with E-state index in [1.807, 2.05) is 0 Å². The SMILES string of the molecule is CC/C=C\C/C=C\C/C=C\C/C=C\CCCCCCCCCCCCCCCCC(=O)OCC(COC(=O)CCCCCCCCCCC)OC(=O)CCCCCCCCC/C=C\CCCCCCCCC. The molecule has 0 N–H and O–H groups in total. The number of hydrogen-bond donors (Lipinski definition) is 0. The lowest BCUT2D eigenvalue weighted by Crippen LogP contribution is -2.30. The summed E-state index contributed by atoms with van der Waals surface area (Å²) >= 11 is 0. The van der Waals surface area contributed by atoms with Crippen LogP contribution in [0.2, 0.25) is 0 Å². The molecule has 0 radical (unpaired) electrons. The number of unbranched alkanes of at least 4 members (excludes halogenated alkanes) is 36. The van der Waals surface area contributed by atoms with E-state index >= 15 is 0 Å². The maximum absolute atomic E-state index is 12.9. The second-order valence-electron chi connectivity index (χ2n) is 20.9. The lowest BCUT2D eigenvalue weighted by atomic mass is 10.0. The van der Waals surface area contributed by atoms with Gasteiger partial charge in [-0.1, -0.05) is 281 Å². The molecule has 0 saturated carbocycles. The largest absolute Gasteiger partial charge is 0.462 e. The van der Waals surface area contributed by atoms with E-state index in [0.29, 0.717) is 19.3 Å². The van der Waals surface area contributed by atoms with E-state index in [0.717, 1.165) is 83.5 Å². The van der Waals surface area contributed by atoms with Crippen LogP contribution in [0.25, 0.3) is 0 Å². The third-order valence-electron chi connectivity index (χ3n) is 13.8. The summed E-state index contributed by atoms with van der Waals surface area (Å²) in [6.07, 6.45) is 76.6. The molecule has 0 fully saturated rings. The molecule has 0 bridgehead atoms. The van der Waals surface area contributed by atoms with Gasteiger partial charge in [0.05, 0.1) is 0 Å². The van der Waals surface area contributed by atoms with Crippen LogP contribution in [-0.4, -0.2) is 37.2 Å². The minimum absolute atomic E-state index is 0.0721. The Labute approximate surface area is 447 Å². The molecule has 72 heavy (non-hydrogen) atoms. The van der Waals surface area contributed by atoms with Crippen molar-refractivity contribution in [3.8, 4) is 0 Å². The van der Waals surface area contributed by atoms with Crippen LogP contribution in [0, 0.1) is 0 Å². The molecule has 1 atom stereocenters. The van der Waals surface area contributed by atoms with Gasteiger partial charge in [-0.15, -0.1) is 0 Å². The van der Waals surface area contributed by atoms with Gasteiger partial charge in [-0.25, -0.2) is 0 Å². The van der Waals surface area contributed by atoms with Crippen LogP contribution in [-0.2, 0) is 28.6 Å². The summed E-state index contributed by atoms with van der Waals surface area (Å²) in [6, 6.07) is 0. The molecule has 0 spiro atoms. The summed E-state index contributed by atoms with van der Waals surface area (Å²) < 4.78 is 16.9. The van der Waals surface area contributed by atoms with Crippen LogP contribution >= 0.6 is 0 Å². The summed E-state index contributed by atoms with van der Waals surface area (Å²) in [5.74, 6) is -0.864. The van der Waals surface area contributed by atoms with Gasteiger partial charge in [-0.05, 0) is 83.5 Å². The van der Waals surface area contributed by atoms with Crippen molar-refractivity contribution < 1.29 is 28.6 Å². The Balaban J connectivity index is 4.17. The van der Waals surface area contributed by atoms with Gasteiger partial charge >= 0.3 is 17.9 Å². The lowest BCUT2D eigenvalue weighted by Gasteiger charge is -2.18. The molecule has 0 saturated heterocycles. The summed E-state index contributed by atoms with van der Waals surface area (Å²) in [5.41, 5.74) is 0. The van der Waals surface area contributed by atoms with E-state index in [4.69, 9.17) is 14.2 Å². The first kappa shape index (κ1) is 69.1. The van der Waals surface area contributed by atoms with Crippen LogP contribution in [0.5, 0.6) is 0 Å². The molecule has 418 valence electrons.